The molecule has 0 bridgehead atoms. The van der Waals surface area contributed by atoms with Crippen LogP contribution in [0.4, 0.5) is 0 Å². The Balaban J connectivity index is 1.99. The standard InChI is InChI=1S/C13H22N4O/c1-3-11(2)17-8-5-12(15-17)10-16-7-4-6-14-9-13(16)18/h5,8,11,14H,3-4,6-7,9-10H2,1-2H3. The van der Waals surface area contributed by atoms with Crippen molar-refractivity contribution in [2.24, 2.45) is 0 Å². The van der Waals surface area contributed by atoms with Gasteiger partial charge >= 0.3 is 0 Å². The van der Waals surface area contributed by atoms with E-state index in [2.05, 4.69) is 24.3 Å². The van der Waals surface area contributed by atoms with Crippen molar-refractivity contribution in [3.8, 4) is 0 Å². The van der Waals surface area contributed by atoms with Crippen molar-refractivity contribution in [1.29, 1.82) is 0 Å². The summed E-state index contributed by atoms with van der Waals surface area (Å²) in [6, 6.07) is 2.43. The van der Waals surface area contributed by atoms with Gasteiger partial charge in [0.1, 0.15) is 0 Å². The van der Waals surface area contributed by atoms with Gasteiger partial charge in [-0.3, -0.25) is 9.48 Å². The van der Waals surface area contributed by atoms with Crippen LogP contribution in [0.2, 0.25) is 0 Å². The fourth-order valence-corrected chi connectivity index (χ4v) is 2.08. The molecule has 1 amide bonds. The minimum Gasteiger partial charge on any atom is -0.336 e. The van der Waals surface area contributed by atoms with Gasteiger partial charge in [0.05, 0.1) is 18.8 Å². The first kappa shape index (κ1) is 13.1. The number of hydrogen-bond acceptors (Lipinski definition) is 3. The lowest BCUT2D eigenvalue weighted by Crippen LogP contribution is -2.34. The van der Waals surface area contributed by atoms with Crippen molar-refractivity contribution >= 4 is 5.91 Å². The maximum Gasteiger partial charge on any atom is 0.236 e. The Labute approximate surface area is 108 Å². The lowest BCUT2D eigenvalue weighted by atomic mass is 10.3. The zero-order valence-electron chi connectivity index (χ0n) is 11.2. The molecule has 0 aliphatic carbocycles. The van der Waals surface area contributed by atoms with Gasteiger partial charge in [0.2, 0.25) is 5.91 Å². The van der Waals surface area contributed by atoms with Crippen LogP contribution in [0.15, 0.2) is 12.3 Å². The Morgan fingerprint density at radius 2 is 2.39 bits per heavy atom. The van der Waals surface area contributed by atoms with Crippen LogP contribution in [0.25, 0.3) is 0 Å². The van der Waals surface area contributed by atoms with Crippen LogP contribution in [0.1, 0.15) is 38.4 Å². The van der Waals surface area contributed by atoms with Gasteiger partial charge in [0.15, 0.2) is 0 Å². The zero-order chi connectivity index (χ0) is 13.0. The van der Waals surface area contributed by atoms with Gasteiger partial charge in [-0.15, -0.1) is 0 Å². The number of aromatic nitrogens is 2. The quantitative estimate of drug-likeness (QED) is 0.873. The van der Waals surface area contributed by atoms with E-state index in [4.69, 9.17) is 0 Å². The van der Waals surface area contributed by atoms with E-state index < -0.39 is 0 Å². The molecule has 1 aliphatic heterocycles. The van der Waals surface area contributed by atoms with Crippen molar-refractivity contribution in [1.82, 2.24) is 20.0 Å². The molecule has 18 heavy (non-hydrogen) atoms. The van der Waals surface area contributed by atoms with E-state index in [1.165, 1.54) is 0 Å². The van der Waals surface area contributed by atoms with Crippen LogP contribution in [0.3, 0.4) is 0 Å². The second-order valence-electron chi connectivity index (χ2n) is 4.89. The summed E-state index contributed by atoms with van der Waals surface area (Å²) >= 11 is 0. The summed E-state index contributed by atoms with van der Waals surface area (Å²) in [5.41, 5.74) is 0.977. The molecule has 1 aliphatic rings. The van der Waals surface area contributed by atoms with E-state index in [-0.39, 0.29) is 5.91 Å². The number of hydrogen-bond donors (Lipinski definition) is 1. The van der Waals surface area contributed by atoms with Gasteiger partial charge < -0.3 is 10.2 Å². The SMILES string of the molecule is CCC(C)n1ccc(CN2CCCNCC2=O)n1. The maximum atomic E-state index is 11.8. The molecule has 1 unspecified atom stereocenters. The fourth-order valence-electron chi connectivity index (χ4n) is 2.08. The second-order valence-corrected chi connectivity index (χ2v) is 4.89. The summed E-state index contributed by atoms with van der Waals surface area (Å²) in [5, 5.41) is 7.67. The lowest BCUT2D eigenvalue weighted by molar-refractivity contribution is -0.130. The summed E-state index contributed by atoms with van der Waals surface area (Å²) in [6.45, 7) is 7.12. The Morgan fingerprint density at radius 1 is 1.56 bits per heavy atom. The van der Waals surface area contributed by atoms with E-state index in [9.17, 15) is 4.79 Å². The average molecular weight is 250 g/mol. The summed E-state index contributed by atoms with van der Waals surface area (Å²) < 4.78 is 1.98. The van der Waals surface area contributed by atoms with Crippen LogP contribution in [0, 0.1) is 0 Å². The normalized spacial score (nSPS) is 18.8. The van der Waals surface area contributed by atoms with Gasteiger partial charge in [-0.1, -0.05) is 6.92 Å². The van der Waals surface area contributed by atoms with E-state index in [0.29, 0.717) is 19.1 Å². The number of carbonyl (C=O) groups excluding carboxylic acids is 1. The second kappa shape index (κ2) is 6.00. The Kier molecular flexibility index (Phi) is 4.36. The topological polar surface area (TPSA) is 50.2 Å². The minimum absolute atomic E-state index is 0.172. The molecule has 1 saturated heterocycles. The first-order chi connectivity index (χ1) is 8.70. The molecule has 0 radical (unpaired) electrons. The number of rotatable bonds is 4. The maximum absolute atomic E-state index is 11.8. The molecule has 0 saturated carbocycles. The largest absolute Gasteiger partial charge is 0.336 e. The summed E-state index contributed by atoms with van der Waals surface area (Å²) in [6.07, 6.45) is 4.08. The number of carbonyl (C=O) groups is 1. The highest BCUT2D eigenvalue weighted by Gasteiger charge is 2.17. The molecule has 0 aromatic carbocycles. The molecule has 1 aromatic heterocycles. The van der Waals surface area contributed by atoms with E-state index in [1.807, 2.05) is 21.8 Å². The van der Waals surface area contributed by atoms with Gasteiger partial charge in [0, 0.05) is 18.8 Å². The van der Waals surface area contributed by atoms with E-state index in [0.717, 1.165) is 31.6 Å². The summed E-state index contributed by atoms with van der Waals surface area (Å²) in [7, 11) is 0. The number of nitrogens with one attached hydrogen (secondary N) is 1. The first-order valence-corrected chi connectivity index (χ1v) is 6.73. The summed E-state index contributed by atoms with van der Waals surface area (Å²) in [5.74, 6) is 0.172. The van der Waals surface area contributed by atoms with Crippen molar-refractivity contribution in [2.75, 3.05) is 19.6 Å². The van der Waals surface area contributed by atoms with Gasteiger partial charge in [-0.2, -0.15) is 5.10 Å². The average Bonchev–Trinajstić information content (AvgIpc) is 2.75. The molecule has 100 valence electrons. The van der Waals surface area contributed by atoms with Crippen molar-refractivity contribution in [3.05, 3.63) is 18.0 Å². The third-order valence-electron chi connectivity index (χ3n) is 3.47. The Morgan fingerprint density at radius 3 is 3.17 bits per heavy atom. The third-order valence-corrected chi connectivity index (χ3v) is 3.47. The Bertz CT molecular complexity index is 401. The lowest BCUT2D eigenvalue weighted by Gasteiger charge is -2.18. The highest BCUT2D eigenvalue weighted by molar-refractivity contribution is 5.78. The summed E-state index contributed by atoms with van der Waals surface area (Å²) in [4.78, 5) is 13.7. The molecule has 1 atom stereocenters. The molecule has 1 N–H and O–H groups in total. The molecule has 2 rings (SSSR count). The first-order valence-electron chi connectivity index (χ1n) is 6.73. The molecular formula is C13H22N4O. The number of nitrogens with zero attached hydrogens (tertiary/aromatic N) is 3. The van der Waals surface area contributed by atoms with Crippen LogP contribution >= 0.6 is 0 Å². The van der Waals surface area contributed by atoms with E-state index >= 15 is 0 Å². The van der Waals surface area contributed by atoms with Gasteiger partial charge in [-0.05, 0) is 32.4 Å². The molecule has 5 heteroatoms. The predicted octanol–water partition coefficient (Wildman–Crippen LogP) is 1.18. The molecule has 2 heterocycles. The fraction of sp³-hybridized carbons (Fsp3) is 0.692. The molecule has 1 fully saturated rings. The predicted molar refractivity (Wildman–Crippen MR) is 70.1 cm³/mol. The molecular weight excluding hydrogens is 228 g/mol. The Hall–Kier alpha value is -1.36. The van der Waals surface area contributed by atoms with Crippen molar-refractivity contribution in [2.45, 2.75) is 39.3 Å². The highest BCUT2D eigenvalue weighted by atomic mass is 16.2. The van der Waals surface area contributed by atoms with Gasteiger partial charge in [-0.25, -0.2) is 0 Å². The van der Waals surface area contributed by atoms with Crippen LogP contribution < -0.4 is 5.32 Å². The van der Waals surface area contributed by atoms with Gasteiger partial charge in [0.25, 0.3) is 0 Å². The van der Waals surface area contributed by atoms with E-state index in [1.54, 1.807) is 0 Å². The van der Waals surface area contributed by atoms with Crippen LogP contribution in [-0.4, -0.2) is 40.2 Å². The minimum atomic E-state index is 0.172. The molecule has 1 aromatic rings. The molecule has 5 nitrogen and oxygen atoms in total. The van der Waals surface area contributed by atoms with Crippen molar-refractivity contribution < 1.29 is 4.79 Å². The zero-order valence-corrected chi connectivity index (χ0v) is 11.2. The van der Waals surface area contributed by atoms with Crippen LogP contribution in [0.5, 0.6) is 0 Å². The van der Waals surface area contributed by atoms with Crippen molar-refractivity contribution in [3.63, 3.8) is 0 Å². The third kappa shape index (κ3) is 3.10. The smallest absolute Gasteiger partial charge is 0.236 e. The monoisotopic (exact) mass is 250 g/mol. The van der Waals surface area contributed by atoms with Crippen LogP contribution in [-0.2, 0) is 11.3 Å². The number of amides is 1. The molecule has 0 spiro atoms. The highest BCUT2D eigenvalue weighted by Crippen LogP contribution is 2.11.